The average Bonchev–Trinajstić information content (AvgIpc) is 2.39. The summed E-state index contributed by atoms with van der Waals surface area (Å²) in [4.78, 5) is 31.8. The van der Waals surface area contributed by atoms with Gasteiger partial charge in [0.1, 0.15) is 5.69 Å². The Morgan fingerprint density at radius 3 is 2.61 bits per heavy atom. The molecule has 1 aromatic carbocycles. The van der Waals surface area contributed by atoms with E-state index >= 15 is 0 Å². The highest BCUT2D eigenvalue weighted by atomic mass is 16.2. The van der Waals surface area contributed by atoms with Crippen LogP contribution in [-0.4, -0.2) is 33.9 Å². The number of fused-ring (bicyclic) bond motifs is 1. The van der Waals surface area contributed by atoms with Crippen LogP contribution in [0.5, 0.6) is 0 Å². The highest BCUT2D eigenvalue weighted by Gasteiger charge is 2.17. The van der Waals surface area contributed by atoms with E-state index in [-0.39, 0.29) is 11.6 Å². The standard InChI is InChI=1S/C13H15N3O2/c1-3-16(4-2)12(17)11-9-7-5-6-8-10(9)14-13(18)15-11/h5-8H,3-4H2,1-2H3,(H,14,15,18). The number of hydrogen-bond donors (Lipinski definition) is 1. The largest absolute Gasteiger partial charge is 0.346 e. The van der Waals surface area contributed by atoms with Crippen molar-refractivity contribution in [3.8, 4) is 0 Å². The molecule has 0 atom stereocenters. The number of nitrogens with one attached hydrogen (secondary N) is 1. The average molecular weight is 245 g/mol. The Hall–Kier alpha value is -2.17. The van der Waals surface area contributed by atoms with Gasteiger partial charge in [-0.15, -0.1) is 0 Å². The Labute approximate surface area is 104 Å². The fourth-order valence-electron chi connectivity index (χ4n) is 1.93. The first-order valence-corrected chi connectivity index (χ1v) is 5.95. The predicted octanol–water partition coefficient (Wildman–Crippen LogP) is 1.41. The number of hydrogen-bond acceptors (Lipinski definition) is 3. The second-order valence-electron chi connectivity index (χ2n) is 3.91. The Kier molecular flexibility index (Phi) is 3.41. The van der Waals surface area contributed by atoms with Gasteiger partial charge in [0.2, 0.25) is 0 Å². The molecule has 0 spiro atoms. The monoisotopic (exact) mass is 245 g/mol. The number of carbonyl (C=O) groups excluding carboxylic acids is 1. The van der Waals surface area contributed by atoms with Crippen molar-refractivity contribution in [2.24, 2.45) is 0 Å². The number of H-pyrrole nitrogens is 1. The normalized spacial score (nSPS) is 10.6. The highest BCUT2D eigenvalue weighted by molar-refractivity contribution is 6.04. The molecule has 1 aromatic heterocycles. The van der Waals surface area contributed by atoms with E-state index in [4.69, 9.17) is 0 Å². The van der Waals surface area contributed by atoms with Gasteiger partial charge in [0.25, 0.3) is 5.91 Å². The molecule has 0 fully saturated rings. The minimum absolute atomic E-state index is 0.206. The lowest BCUT2D eigenvalue weighted by Crippen LogP contribution is -2.32. The molecule has 0 bridgehead atoms. The molecule has 0 aliphatic carbocycles. The van der Waals surface area contributed by atoms with Crippen LogP contribution in [0, 0.1) is 0 Å². The third kappa shape index (κ3) is 2.11. The molecule has 5 nitrogen and oxygen atoms in total. The van der Waals surface area contributed by atoms with Gasteiger partial charge in [0, 0.05) is 18.5 Å². The molecular weight excluding hydrogens is 230 g/mol. The lowest BCUT2D eigenvalue weighted by atomic mass is 10.1. The third-order valence-corrected chi connectivity index (χ3v) is 2.89. The van der Waals surface area contributed by atoms with Gasteiger partial charge in [-0.2, -0.15) is 4.98 Å². The van der Waals surface area contributed by atoms with Crippen LogP contribution in [0.2, 0.25) is 0 Å². The molecule has 0 radical (unpaired) electrons. The maximum absolute atomic E-state index is 12.3. The first-order chi connectivity index (χ1) is 8.67. The van der Waals surface area contributed by atoms with Crippen LogP contribution in [0.25, 0.3) is 10.9 Å². The second-order valence-corrected chi connectivity index (χ2v) is 3.91. The maximum Gasteiger partial charge on any atom is 0.346 e. The number of para-hydroxylation sites is 1. The van der Waals surface area contributed by atoms with E-state index in [1.54, 1.807) is 17.0 Å². The molecular formula is C13H15N3O2. The van der Waals surface area contributed by atoms with E-state index in [2.05, 4.69) is 9.97 Å². The summed E-state index contributed by atoms with van der Waals surface area (Å²) in [6, 6.07) is 7.18. The second kappa shape index (κ2) is 5.00. The number of carbonyl (C=O) groups is 1. The van der Waals surface area contributed by atoms with E-state index < -0.39 is 5.69 Å². The quantitative estimate of drug-likeness (QED) is 0.889. The molecule has 5 heteroatoms. The van der Waals surface area contributed by atoms with Crippen LogP contribution in [0.1, 0.15) is 24.3 Å². The van der Waals surface area contributed by atoms with Crippen LogP contribution < -0.4 is 5.69 Å². The van der Waals surface area contributed by atoms with Crippen molar-refractivity contribution in [3.05, 3.63) is 40.4 Å². The molecule has 18 heavy (non-hydrogen) atoms. The summed E-state index contributed by atoms with van der Waals surface area (Å²) in [5.41, 5.74) is 0.357. The summed E-state index contributed by atoms with van der Waals surface area (Å²) in [5, 5.41) is 0.675. The molecule has 94 valence electrons. The minimum atomic E-state index is -0.496. The van der Waals surface area contributed by atoms with Crippen LogP contribution >= 0.6 is 0 Å². The van der Waals surface area contributed by atoms with Gasteiger partial charge in [-0.1, -0.05) is 18.2 Å². The first kappa shape index (κ1) is 12.3. The fraction of sp³-hybridized carbons (Fsp3) is 0.308. The first-order valence-electron chi connectivity index (χ1n) is 5.95. The predicted molar refractivity (Wildman–Crippen MR) is 69.6 cm³/mol. The number of benzene rings is 1. The van der Waals surface area contributed by atoms with Crippen molar-refractivity contribution in [1.82, 2.24) is 14.9 Å². The van der Waals surface area contributed by atoms with Crippen LogP contribution in [0.15, 0.2) is 29.1 Å². The molecule has 1 heterocycles. The van der Waals surface area contributed by atoms with Gasteiger partial charge in [-0.3, -0.25) is 4.79 Å². The smallest absolute Gasteiger partial charge is 0.338 e. The summed E-state index contributed by atoms with van der Waals surface area (Å²) in [6.45, 7) is 4.99. The molecule has 0 aliphatic rings. The Morgan fingerprint density at radius 2 is 1.94 bits per heavy atom. The zero-order valence-electron chi connectivity index (χ0n) is 10.4. The van der Waals surface area contributed by atoms with Gasteiger partial charge >= 0.3 is 5.69 Å². The summed E-state index contributed by atoms with van der Waals surface area (Å²) in [7, 11) is 0. The van der Waals surface area contributed by atoms with Crippen molar-refractivity contribution >= 4 is 16.8 Å². The van der Waals surface area contributed by atoms with Crippen molar-refractivity contribution in [2.45, 2.75) is 13.8 Å². The summed E-state index contributed by atoms with van der Waals surface area (Å²) < 4.78 is 0. The zero-order valence-corrected chi connectivity index (χ0v) is 10.4. The number of aromatic amines is 1. The Morgan fingerprint density at radius 1 is 1.28 bits per heavy atom. The summed E-state index contributed by atoms with van der Waals surface area (Å²) >= 11 is 0. The summed E-state index contributed by atoms with van der Waals surface area (Å²) in [5.74, 6) is -0.206. The molecule has 1 N–H and O–H groups in total. The number of nitrogens with zero attached hydrogens (tertiary/aromatic N) is 2. The van der Waals surface area contributed by atoms with Gasteiger partial charge < -0.3 is 9.88 Å². The molecule has 0 saturated heterocycles. The van der Waals surface area contributed by atoms with Gasteiger partial charge in [0.15, 0.2) is 0 Å². The fourth-order valence-corrected chi connectivity index (χ4v) is 1.93. The molecule has 2 rings (SSSR count). The van der Waals surface area contributed by atoms with E-state index in [1.165, 1.54) is 0 Å². The maximum atomic E-state index is 12.3. The minimum Gasteiger partial charge on any atom is -0.338 e. The Balaban J connectivity index is 2.63. The van der Waals surface area contributed by atoms with Gasteiger partial charge in [0.05, 0.1) is 5.52 Å². The van der Waals surface area contributed by atoms with E-state index in [9.17, 15) is 9.59 Å². The molecule has 0 unspecified atom stereocenters. The molecule has 0 saturated carbocycles. The summed E-state index contributed by atoms with van der Waals surface area (Å²) in [6.07, 6.45) is 0. The lowest BCUT2D eigenvalue weighted by Gasteiger charge is -2.18. The molecule has 0 aliphatic heterocycles. The van der Waals surface area contributed by atoms with E-state index in [0.29, 0.717) is 24.0 Å². The van der Waals surface area contributed by atoms with E-state index in [0.717, 1.165) is 0 Å². The SMILES string of the molecule is CCN(CC)C(=O)c1nc(=O)[nH]c2ccccc12. The highest BCUT2D eigenvalue weighted by Crippen LogP contribution is 2.14. The van der Waals surface area contributed by atoms with Crippen LogP contribution in [0.3, 0.4) is 0 Å². The van der Waals surface area contributed by atoms with Gasteiger partial charge in [-0.05, 0) is 19.9 Å². The number of aromatic nitrogens is 2. The topological polar surface area (TPSA) is 66.1 Å². The third-order valence-electron chi connectivity index (χ3n) is 2.89. The van der Waals surface area contributed by atoms with Crippen molar-refractivity contribution in [2.75, 3.05) is 13.1 Å². The van der Waals surface area contributed by atoms with Crippen LogP contribution in [-0.2, 0) is 0 Å². The lowest BCUT2D eigenvalue weighted by molar-refractivity contribution is 0.0769. The van der Waals surface area contributed by atoms with Crippen molar-refractivity contribution in [3.63, 3.8) is 0 Å². The van der Waals surface area contributed by atoms with Gasteiger partial charge in [-0.25, -0.2) is 4.79 Å². The molecule has 1 amide bonds. The Bertz CT molecular complexity index is 629. The number of rotatable bonds is 3. The zero-order chi connectivity index (χ0) is 13.1. The van der Waals surface area contributed by atoms with Crippen molar-refractivity contribution < 1.29 is 4.79 Å². The van der Waals surface area contributed by atoms with Crippen LogP contribution in [0.4, 0.5) is 0 Å². The van der Waals surface area contributed by atoms with E-state index in [1.807, 2.05) is 26.0 Å². The molecule has 2 aromatic rings. The number of amides is 1. The van der Waals surface area contributed by atoms with Crippen molar-refractivity contribution in [1.29, 1.82) is 0 Å².